The van der Waals surface area contributed by atoms with Crippen molar-refractivity contribution in [3.05, 3.63) is 60.8 Å². The SMILES string of the molecule is CC/C=C/C=C/C=C/C=C/CCCCCC(=O)OC(COC(=O)CCCCCCCCC/C=C/CCCCCCCCCCCCCC)CO[C@@H]1O[C@H](CO[C@@H]2O[C@H](CO)[C@H](O)C(O)C2O)[C@H](O)C(O)C1O. The molecule has 0 spiro atoms. The van der Waals surface area contributed by atoms with E-state index < -0.39 is 99.3 Å². The Morgan fingerprint density at radius 3 is 1.43 bits per heavy atom. The first-order valence-electron chi connectivity index (χ1n) is 27.9. The van der Waals surface area contributed by atoms with E-state index in [0.29, 0.717) is 12.8 Å². The van der Waals surface area contributed by atoms with Crippen molar-refractivity contribution in [2.24, 2.45) is 0 Å². The molecule has 0 radical (unpaired) electrons. The molecule has 11 atom stereocenters. The van der Waals surface area contributed by atoms with Gasteiger partial charge in [-0.05, 0) is 57.8 Å². The first-order chi connectivity index (χ1) is 35.0. The van der Waals surface area contributed by atoms with Crippen LogP contribution in [-0.2, 0) is 38.0 Å². The molecule has 0 saturated carbocycles. The molecule has 0 amide bonds. The van der Waals surface area contributed by atoms with Crippen LogP contribution in [0.4, 0.5) is 0 Å². The lowest BCUT2D eigenvalue weighted by Gasteiger charge is -2.42. The van der Waals surface area contributed by atoms with Crippen LogP contribution in [0.1, 0.15) is 194 Å². The van der Waals surface area contributed by atoms with E-state index in [9.17, 15) is 45.3 Å². The van der Waals surface area contributed by atoms with E-state index in [4.69, 9.17) is 28.4 Å². The number of esters is 2. The molecule has 0 aromatic rings. The molecule has 2 rings (SSSR count). The minimum Gasteiger partial charge on any atom is -0.462 e. The van der Waals surface area contributed by atoms with Crippen LogP contribution in [-0.4, -0.2) is 142 Å². The van der Waals surface area contributed by atoms with E-state index in [1.165, 1.54) is 96.3 Å². The average Bonchev–Trinajstić information content (AvgIpc) is 3.37. The van der Waals surface area contributed by atoms with Crippen molar-refractivity contribution in [3.63, 3.8) is 0 Å². The van der Waals surface area contributed by atoms with Crippen molar-refractivity contribution in [2.45, 2.75) is 261 Å². The average molecular weight is 1020 g/mol. The summed E-state index contributed by atoms with van der Waals surface area (Å²) in [4.78, 5) is 25.8. The first kappa shape index (κ1) is 65.3. The molecule has 15 nitrogen and oxygen atoms in total. The summed E-state index contributed by atoms with van der Waals surface area (Å²) in [5.41, 5.74) is 0. The zero-order chi connectivity index (χ0) is 52.4. The quantitative estimate of drug-likeness (QED) is 0.0131. The van der Waals surface area contributed by atoms with E-state index in [2.05, 4.69) is 38.2 Å². The van der Waals surface area contributed by atoms with Gasteiger partial charge in [-0.3, -0.25) is 9.59 Å². The van der Waals surface area contributed by atoms with E-state index in [1.807, 2.05) is 36.5 Å². The number of carbonyl (C=O) groups excluding carboxylic acids is 2. The van der Waals surface area contributed by atoms with Crippen molar-refractivity contribution in [1.82, 2.24) is 0 Å². The number of ether oxygens (including phenoxy) is 6. The summed E-state index contributed by atoms with van der Waals surface area (Å²) in [6, 6.07) is 0. The minimum absolute atomic E-state index is 0.116. The first-order valence-corrected chi connectivity index (χ1v) is 27.9. The van der Waals surface area contributed by atoms with Crippen LogP contribution >= 0.6 is 0 Å². The highest BCUT2D eigenvalue weighted by Crippen LogP contribution is 2.26. The molecule has 72 heavy (non-hydrogen) atoms. The lowest BCUT2D eigenvalue weighted by molar-refractivity contribution is -0.332. The molecule has 0 bridgehead atoms. The van der Waals surface area contributed by atoms with Gasteiger partial charge in [0.25, 0.3) is 0 Å². The fourth-order valence-electron chi connectivity index (χ4n) is 8.52. The molecule has 5 unspecified atom stereocenters. The van der Waals surface area contributed by atoms with Gasteiger partial charge in [0.1, 0.15) is 55.4 Å². The Balaban J connectivity index is 1.75. The van der Waals surface area contributed by atoms with Crippen LogP contribution < -0.4 is 0 Å². The molecule has 15 heteroatoms. The van der Waals surface area contributed by atoms with Gasteiger partial charge in [-0.2, -0.15) is 0 Å². The monoisotopic (exact) mass is 1020 g/mol. The molecular formula is C57H98O15. The topological polar surface area (TPSA) is 231 Å². The van der Waals surface area contributed by atoms with Gasteiger partial charge in [0.05, 0.1) is 19.8 Å². The summed E-state index contributed by atoms with van der Waals surface area (Å²) >= 11 is 0. The van der Waals surface area contributed by atoms with Crippen LogP contribution in [0.3, 0.4) is 0 Å². The molecule has 2 fully saturated rings. The minimum atomic E-state index is -1.78. The molecule has 2 saturated heterocycles. The highest BCUT2D eigenvalue weighted by Gasteiger charge is 2.47. The van der Waals surface area contributed by atoms with E-state index in [1.54, 1.807) is 0 Å². The van der Waals surface area contributed by atoms with Gasteiger partial charge < -0.3 is 64.2 Å². The maximum atomic E-state index is 13.0. The van der Waals surface area contributed by atoms with Gasteiger partial charge in [0, 0.05) is 12.8 Å². The van der Waals surface area contributed by atoms with E-state index >= 15 is 0 Å². The molecular weight excluding hydrogens is 925 g/mol. The third-order valence-electron chi connectivity index (χ3n) is 13.1. The van der Waals surface area contributed by atoms with Crippen LogP contribution in [0.25, 0.3) is 0 Å². The number of carbonyl (C=O) groups is 2. The second-order valence-corrected chi connectivity index (χ2v) is 19.5. The Kier molecular flexibility index (Phi) is 39.4. The number of hydrogen-bond acceptors (Lipinski definition) is 15. The molecule has 7 N–H and O–H groups in total. The summed E-state index contributed by atoms with van der Waals surface area (Å²) in [5.74, 6) is -0.976. The molecule has 2 aliphatic rings. The molecule has 2 aliphatic heterocycles. The van der Waals surface area contributed by atoms with Gasteiger partial charge in [-0.15, -0.1) is 0 Å². The summed E-state index contributed by atoms with van der Waals surface area (Å²) < 4.78 is 33.6. The van der Waals surface area contributed by atoms with Crippen molar-refractivity contribution in [2.75, 3.05) is 26.4 Å². The maximum absolute atomic E-state index is 13.0. The number of unbranched alkanes of at least 4 members (excludes halogenated alkanes) is 22. The third kappa shape index (κ3) is 30.5. The lowest BCUT2D eigenvalue weighted by atomic mass is 9.98. The van der Waals surface area contributed by atoms with Crippen LogP contribution in [0.15, 0.2) is 60.8 Å². The predicted molar refractivity (Wildman–Crippen MR) is 280 cm³/mol. The fraction of sp³-hybridized carbons (Fsp3) is 0.789. The Labute approximate surface area is 432 Å². The zero-order valence-corrected chi connectivity index (χ0v) is 44.1. The number of aliphatic hydroxyl groups excluding tert-OH is 7. The highest BCUT2D eigenvalue weighted by molar-refractivity contribution is 5.70. The maximum Gasteiger partial charge on any atom is 0.306 e. The van der Waals surface area contributed by atoms with E-state index in [0.717, 1.165) is 57.8 Å². The van der Waals surface area contributed by atoms with Crippen LogP contribution in [0.2, 0.25) is 0 Å². The summed E-state index contributed by atoms with van der Waals surface area (Å²) in [7, 11) is 0. The summed E-state index contributed by atoms with van der Waals surface area (Å²) in [6.45, 7) is 2.41. The van der Waals surface area contributed by atoms with Crippen molar-refractivity contribution in [1.29, 1.82) is 0 Å². The Morgan fingerprint density at radius 2 is 0.889 bits per heavy atom. The van der Waals surface area contributed by atoms with Gasteiger partial charge >= 0.3 is 11.9 Å². The molecule has 0 aromatic heterocycles. The summed E-state index contributed by atoms with van der Waals surface area (Å²) in [6.07, 6.45) is 34.1. The Hall–Kier alpha value is -2.80. The molecule has 416 valence electrons. The normalized spacial score (nSPS) is 25.5. The Bertz CT molecular complexity index is 1480. The predicted octanol–water partition coefficient (Wildman–Crippen LogP) is 8.83. The molecule has 2 heterocycles. The molecule has 0 aliphatic carbocycles. The van der Waals surface area contributed by atoms with Crippen LogP contribution in [0.5, 0.6) is 0 Å². The van der Waals surface area contributed by atoms with E-state index in [-0.39, 0.29) is 19.4 Å². The van der Waals surface area contributed by atoms with Gasteiger partial charge in [-0.25, -0.2) is 0 Å². The standard InChI is InChI=1S/C57H98O15/c1-3-5-7-9-11-13-15-17-18-19-20-21-22-23-24-25-26-28-29-31-33-35-37-39-48(59)67-42-45(70-49(60)40-38-36-34-32-30-27-16-14-12-10-8-6-4-2)43-68-56-55(66)53(64)51(62)47(72-56)44-69-57-54(65)52(63)50(61)46(41-58)71-57/h6,8,10,12,14,16,23-24,27,30,45-47,50-58,61-66H,3-5,7,9,11,13,15,17-22,25-26,28-29,31-44H2,1-2H3/b8-6+,12-10+,16-14+,24-23+,30-27+/t45?,46-,47-,50+,51+,52?,53?,54?,55?,56-,57-/m1/s1. The zero-order valence-electron chi connectivity index (χ0n) is 44.1. The van der Waals surface area contributed by atoms with Crippen molar-refractivity contribution < 1.29 is 73.8 Å². The third-order valence-corrected chi connectivity index (χ3v) is 13.1. The Morgan fingerprint density at radius 1 is 0.458 bits per heavy atom. The van der Waals surface area contributed by atoms with Gasteiger partial charge in [-0.1, -0.05) is 184 Å². The lowest BCUT2D eigenvalue weighted by Crippen LogP contribution is -2.61. The van der Waals surface area contributed by atoms with Crippen molar-refractivity contribution in [3.8, 4) is 0 Å². The van der Waals surface area contributed by atoms with Crippen LogP contribution in [0, 0.1) is 0 Å². The number of aliphatic hydroxyl groups is 7. The highest BCUT2D eigenvalue weighted by atomic mass is 16.7. The van der Waals surface area contributed by atoms with Gasteiger partial charge in [0.15, 0.2) is 18.7 Å². The second kappa shape index (κ2) is 43.4. The fourth-order valence-corrected chi connectivity index (χ4v) is 8.52. The number of allylic oxidation sites excluding steroid dienone is 10. The second-order valence-electron chi connectivity index (χ2n) is 19.5. The molecule has 0 aromatic carbocycles. The van der Waals surface area contributed by atoms with Crippen molar-refractivity contribution >= 4 is 11.9 Å². The largest absolute Gasteiger partial charge is 0.462 e. The number of rotatable bonds is 43. The summed E-state index contributed by atoms with van der Waals surface area (Å²) in [5, 5.41) is 72.1. The van der Waals surface area contributed by atoms with Gasteiger partial charge in [0.2, 0.25) is 0 Å². The smallest absolute Gasteiger partial charge is 0.306 e. The number of hydrogen-bond donors (Lipinski definition) is 7.